The number of thioether (sulfide) groups is 1. The summed E-state index contributed by atoms with van der Waals surface area (Å²) in [7, 11) is 13.5. The van der Waals surface area contributed by atoms with Crippen LogP contribution >= 0.6 is 46.3 Å². The number of aromatic nitrogens is 1. The van der Waals surface area contributed by atoms with Crippen LogP contribution in [0.1, 0.15) is 17.8 Å². The Morgan fingerprint density at radius 2 is 1.48 bits per heavy atom. The number of anilines is 1. The molecule has 0 N–H and O–H groups in total. The minimum atomic E-state index is 0. The van der Waals surface area contributed by atoms with Crippen molar-refractivity contribution in [2.24, 2.45) is 0 Å². The number of quaternary nitrogens is 2. The average Bonchev–Trinajstić information content (AvgIpc) is 3.30. The topological polar surface area (TPSA) is 7.12 Å². The third-order valence-corrected chi connectivity index (χ3v) is 9.02. The van der Waals surface area contributed by atoms with Gasteiger partial charge in [0.1, 0.15) is 4.70 Å². The summed E-state index contributed by atoms with van der Waals surface area (Å²) in [5.41, 5.74) is 2.43. The zero-order valence-corrected chi connectivity index (χ0v) is 31.8. The lowest BCUT2D eigenvalue weighted by atomic mass is 10.2. The van der Waals surface area contributed by atoms with E-state index in [0.29, 0.717) is 0 Å². The molecule has 2 aromatic carbocycles. The molecule has 0 atom stereocenters. The van der Waals surface area contributed by atoms with Crippen molar-refractivity contribution in [3.8, 4) is 0 Å². The van der Waals surface area contributed by atoms with E-state index in [1.54, 1.807) is 0 Å². The maximum atomic E-state index is 6.38. The van der Waals surface area contributed by atoms with E-state index < -0.39 is 0 Å². The second-order valence-electron chi connectivity index (χ2n) is 11.7. The minimum Gasteiger partial charge on any atom is -1.00 e. The first-order chi connectivity index (χ1) is 17.4. The number of thiazole rings is 1. The molecular formula is C29H39Br3Cl2N4S2. The summed E-state index contributed by atoms with van der Waals surface area (Å²) in [5, 5.41) is 4.06. The van der Waals surface area contributed by atoms with Gasteiger partial charge in [-0.3, -0.25) is 0 Å². The molecule has 0 saturated carbocycles. The van der Waals surface area contributed by atoms with Gasteiger partial charge in [-0.05, 0) is 36.4 Å². The first kappa shape index (κ1) is 37.9. The van der Waals surface area contributed by atoms with Crippen LogP contribution < -0.4 is 60.4 Å². The van der Waals surface area contributed by atoms with Crippen molar-refractivity contribution in [1.82, 2.24) is 0 Å². The second-order valence-corrected chi connectivity index (χ2v) is 14.7. The Labute approximate surface area is 290 Å². The van der Waals surface area contributed by atoms with Crippen molar-refractivity contribution in [2.75, 3.05) is 66.8 Å². The number of fused-ring (bicyclic) bond motifs is 2. The molecule has 40 heavy (non-hydrogen) atoms. The third kappa shape index (κ3) is 10.6. The molecule has 0 saturated heterocycles. The van der Waals surface area contributed by atoms with E-state index in [-0.39, 0.29) is 50.9 Å². The largest absolute Gasteiger partial charge is 1.00 e. The Hall–Kier alpha value is -0.1000. The molecule has 2 heterocycles. The van der Waals surface area contributed by atoms with Gasteiger partial charge < -0.3 is 64.8 Å². The molecule has 0 bridgehead atoms. The summed E-state index contributed by atoms with van der Waals surface area (Å²) >= 11 is 16.4. The summed E-state index contributed by atoms with van der Waals surface area (Å²) < 4.78 is 5.62. The third-order valence-electron chi connectivity index (χ3n) is 6.28. The molecule has 3 aromatic rings. The van der Waals surface area contributed by atoms with Gasteiger partial charge in [0.05, 0.1) is 72.5 Å². The number of hydrogen-bond acceptors (Lipinski definition) is 3. The smallest absolute Gasteiger partial charge is 0.262 e. The maximum absolute atomic E-state index is 6.38. The van der Waals surface area contributed by atoms with Crippen molar-refractivity contribution < 1.29 is 64.5 Å². The van der Waals surface area contributed by atoms with Crippen molar-refractivity contribution in [3.05, 3.63) is 68.6 Å². The highest BCUT2D eigenvalue weighted by Gasteiger charge is 2.26. The van der Waals surface area contributed by atoms with Crippen LogP contribution in [0.15, 0.2) is 58.5 Å². The van der Waals surface area contributed by atoms with Crippen LogP contribution in [-0.2, 0) is 6.54 Å². The minimum absolute atomic E-state index is 0. The molecule has 4 rings (SSSR count). The van der Waals surface area contributed by atoms with E-state index in [2.05, 4.69) is 94.2 Å². The van der Waals surface area contributed by atoms with Crippen molar-refractivity contribution >= 4 is 68.3 Å². The van der Waals surface area contributed by atoms with Crippen molar-refractivity contribution in [3.63, 3.8) is 0 Å². The Morgan fingerprint density at radius 3 is 2.15 bits per heavy atom. The second kappa shape index (κ2) is 16.1. The number of halogens is 5. The first-order valence-corrected chi connectivity index (χ1v) is 15.1. The predicted octanol–water partition coefficient (Wildman–Crippen LogP) is -1.83. The normalized spacial score (nSPS) is 14.3. The van der Waals surface area contributed by atoms with Gasteiger partial charge in [0.2, 0.25) is 5.52 Å². The molecule has 4 nitrogen and oxygen atoms in total. The Bertz CT molecular complexity index is 1330. The fraction of sp³-hybridized carbons (Fsp3) is 0.414. The summed E-state index contributed by atoms with van der Waals surface area (Å²) in [6, 6.07) is 12.4. The van der Waals surface area contributed by atoms with Gasteiger partial charge in [-0.1, -0.05) is 52.4 Å². The quantitative estimate of drug-likeness (QED) is 0.176. The molecule has 1 aliphatic rings. The van der Waals surface area contributed by atoms with Gasteiger partial charge in [-0.2, -0.15) is 4.57 Å². The number of nitrogens with zero attached hydrogens (tertiary/aromatic N) is 4. The van der Waals surface area contributed by atoms with Gasteiger partial charge in [0.25, 0.3) is 5.01 Å². The molecule has 11 heteroatoms. The summed E-state index contributed by atoms with van der Waals surface area (Å²) in [5.74, 6) is 0. The summed E-state index contributed by atoms with van der Waals surface area (Å²) in [6.07, 6.45) is 8.92. The zero-order chi connectivity index (χ0) is 26.8. The van der Waals surface area contributed by atoms with E-state index in [1.165, 1.54) is 30.8 Å². The Balaban J connectivity index is 0.00000267. The van der Waals surface area contributed by atoms with Crippen LogP contribution in [0.3, 0.4) is 0 Å². The summed E-state index contributed by atoms with van der Waals surface area (Å²) in [6.45, 7) is 4.19. The number of aryl methyl sites for hydroxylation is 1. The van der Waals surface area contributed by atoms with Gasteiger partial charge in [-0.25, -0.2) is 0 Å². The van der Waals surface area contributed by atoms with E-state index in [4.69, 9.17) is 23.2 Å². The summed E-state index contributed by atoms with van der Waals surface area (Å²) in [4.78, 5) is 3.69. The molecule has 0 unspecified atom stereocenters. The molecule has 1 aromatic heterocycles. The predicted molar refractivity (Wildman–Crippen MR) is 164 cm³/mol. The van der Waals surface area contributed by atoms with Crippen LogP contribution in [0.4, 0.5) is 5.69 Å². The molecule has 0 spiro atoms. The van der Waals surface area contributed by atoms with E-state index >= 15 is 0 Å². The maximum Gasteiger partial charge on any atom is 0.262 e. The molecule has 0 aliphatic carbocycles. The van der Waals surface area contributed by atoms with Crippen LogP contribution in [0.5, 0.6) is 0 Å². The number of rotatable bonds is 10. The highest BCUT2D eigenvalue weighted by molar-refractivity contribution is 8.03. The molecule has 0 fully saturated rings. The fourth-order valence-electron chi connectivity index (χ4n) is 4.48. The van der Waals surface area contributed by atoms with Gasteiger partial charge in [0, 0.05) is 40.0 Å². The standard InChI is InChI=1S/C29H39Cl2N4S2.3BrH/c1-34(2,3)18-8-16-32-24-20-22(30)12-14-26(24)36-28(32)10-7-11-29-33(17-9-19-35(4,5)6)25-21-23(31)13-15-27(25)37-29;;;/h7,10-15,20-21H,8-9,16-19H2,1-6H3;3*1H/q+3;;;/p-3. The van der Waals surface area contributed by atoms with Crippen LogP contribution in [-0.4, -0.2) is 70.9 Å². The van der Waals surface area contributed by atoms with Gasteiger partial charge in [-0.15, -0.1) is 0 Å². The van der Waals surface area contributed by atoms with E-state index in [9.17, 15) is 0 Å². The molecule has 1 aliphatic heterocycles. The number of allylic oxidation sites excluding steroid dienone is 2. The highest BCUT2D eigenvalue weighted by Crippen LogP contribution is 2.47. The van der Waals surface area contributed by atoms with E-state index in [1.807, 2.05) is 35.2 Å². The lowest BCUT2D eigenvalue weighted by Crippen LogP contribution is -3.00. The molecule has 0 amide bonds. The van der Waals surface area contributed by atoms with Crippen LogP contribution in [0, 0.1) is 0 Å². The van der Waals surface area contributed by atoms with Crippen molar-refractivity contribution in [1.29, 1.82) is 0 Å². The average molecular weight is 818 g/mol. The molecule has 0 radical (unpaired) electrons. The lowest BCUT2D eigenvalue weighted by molar-refractivity contribution is -0.873. The molecule has 222 valence electrons. The Kier molecular flexibility index (Phi) is 15.3. The number of benzene rings is 2. The van der Waals surface area contributed by atoms with Crippen LogP contribution in [0.25, 0.3) is 16.3 Å². The fourth-order valence-corrected chi connectivity index (χ4v) is 6.97. The van der Waals surface area contributed by atoms with E-state index in [0.717, 1.165) is 58.0 Å². The van der Waals surface area contributed by atoms with Gasteiger partial charge in [0.15, 0.2) is 6.54 Å². The highest BCUT2D eigenvalue weighted by atomic mass is 79.9. The lowest BCUT2D eigenvalue weighted by Gasteiger charge is -2.26. The SMILES string of the molecule is C[N+](C)(C)CCCN1C(=CC=Cc2sc3ccc(Cl)cc3[n+]2CCC[N+](C)(C)C)Sc2ccc(Cl)cc21.[Br-].[Br-].[Br-]. The first-order valence-electron chi connectivity index (χ1n) is 12.8. The number of hydrogen-bond donors (Lipinski definition) is 0. The van der Waals surface area contributed by atoms with Gasteiger partial charge >= 0.3 is 0 Å². The molecular weight excluding hydrogens is 779 g/mol. The Morgan fingerprint density at radius 1 is 0.850 bits per heavy atom. The zero-order valence-electron chi connectivity index (χ0n) is 23.9. The monoisotopic (exact) mass is 814 g/mol. The van der Waals surface area contributed by atoms with Crippen molar-refractivity contribution in [2.45, 2.75) is 24.3 Å². The van der Waals surface area contributed by atoms with Crippen LogP contribution in [0.2, 0.25) is 10.0 Å².